The van der Waals surface area contributed by atoms with Crippen molar-refractivity contribution in [1.29, 1.82) is 0 Å². The summed E-state index contributed by atoms with van der Waals surface area (Å²) < 4.78 is 27.8. The number of H-pyrrole nitrogens is 2. The maximum Gasteiger partial charge on any atom is 1.00 e. The van der Waals surface area contributed by atoms with E-state index in [1.165, 1.54) is 48.4 Å². The second kappa shape index (κ2) is 40.3. The Morgan fingerprint density at radius 2 is 0.704 bits per heavy atom. The van der Waals surface area contributed by atoms with Crippen molar-refractivity contribution in [2.75, 3.05) is 26.4 Å². The molecule has 24 nitrogen and oxygen atoms in total. The summed E-state index contributed by atoms with van der Waals surface area (Å²) >= 11 is 0. The SMILES string of the molecule is C.C.CC(C)(C)O.CCCOC(c1ccccc1)c1ccccc1.Cn1cnc2c1c(=O)[nH]c(=O)n2C.Cn1cnc2c1c(=O)[nH]c(=O)n2C.Cn1cnc2c1c(=O)n(CCOC(c1ccccc1)c1ccccc1)c(=O)n2C.OCCOC(c1ccccc1)c1ccccc1.[Na+].[OH-]. The Morgan fingerprint density at radius 3 is 0.990 bits per heavy atom. The Morgan fingerprint density at radius 1 is 0.439 bits per heavy atom. The zero-order chi connectivity index (χ0) is 67.9. The summed E-state index contributed by atoms with van der Waals surface area (Å²) in [5.74, 6) is 0. The van der Waals surface area contributed by atoms with Gasteiger partial charge < -0.3 is 43.6 Å². The van der Waals surface area contributed by atoms with Crippen molar-refractivity contribution in [3.8, 4) is 0 Å². The molecule has 0 spiro atoms. The molecule has 12 rings (SSSR count). The molecule has 0 atom stereocenters. The van der Waals surface area contributed by atoms with Crippen molar-refractivity contribution in [3.63, 3.8) is 0 Å². The van der Waals surface area contributed by atoms with E-state index < -0.39 is 33.8 Å². The Kier molecular flexibility index (Phi) is 34.0. The predicted octanol–water partition coefficient (Wildman–Crippen LogP) is 6.02. The number of rotatable bonds is 16. The Labute approximate surface area is 591 Å². The van der Waals surface area contributed by atoms with Crippen molar-refractivity contribution in [2.45, 2.75) is 79.4 Å². The molecule has 5 N–H and O–H groups in total. The van der Waals surface area contributed by atoms with Gasteiger partial charge in [0.2, 0.25) is 0 Å². The molecule has 0 aliphatic carbocycles. The largest absolute Gasteiger partial charge is 1.00 e. The second-order valence-corrected chi connectivity index (χ2v) is 22.6. The standard InChI is InChI=1S/C22H22N4O3.C16H18O.C15H16O2.2C7H8N4O2.C4H10O.2CH4.Na.H2O/c1-24-15-23-20-18(24)21(27)26(22(28)25(20)2)13-14-29-19(16-9-5-3-6-10-16)17-11-7-4-8-12-17;1-2-13-17-16(14-9-5-3-6-10-14)15-11-7-4-8-12-15;16-11-12-17-15(13-7-3-1-4-8-13)14-9-5-2-6-10-14;2*1-10-3-8-5-4(10)6(12)9-7(13)11(5)2;1-4(2,3)5;;;;/h3-12,15,19H,13-14H2,1-2H3;3-12,16H,2,13H2,1H3;1-10,15-16H,11-12H2;2*3H,1-2H3,(H,9,12,13);5H,1-3H3;2*1H4;;1H2/q;;;;;;;;+1;/p-1. The minimum atomic E-state index is -0.500. The number of hydrogen-bond donors (Lipinski definition) is 4. The van der Waals surface area contributed by atoms with Crippen LogP contribution in [0.5, 0.6) is 0 Å². The molecule has 98 heavy (non-hydrogen) atoms. The fraction of sp³-hybridized carbons (Fsp3) is 0.301. The van der Waals surface area contributed by atoms with Gasteiger partial charge in [-0.25, -0.2) is 29.3 Å². The third-order valence-electron chi connectivity index (χ3n) is 14.2. The molecular weight excluding hydrogens is 1260 g/mol. The predicted molar refractivity (Wildman–Crippen MR) is 380 cm³/mol. The normalized spacial score (nSPS) is 10.6. The fourth-order valence-corrected chi connectivity index (χ4v) is 9.71. The van der Waals surface area contributed by atoms with Crippen LogP contribution >= 0.6 is 0 Å². The number of nitrogens with zero attached hydrogens (tertiary/aromatic N) is 10. The van der Waals surface area contributed by atoms with Crippen LogP contribution in [0.1, 0.15) is 101 Å². The number of aromatic nitrogens is 12. The van der Waals surface area contributed by atoms with Crippen molar-refractivity contribution in [3.05, 3.63) is 297 Å². The van der Waals surface area contributed by atoms with Crippen LogP contribution in [0.2, 0.25) is 0 Å². The second-order valence-electron chi connectivity index (χ2n) is 22.6. The number of fused-ring (bicyclic) bond motifs is 3. The van der Waals surface area contributed by atoms with Crippen LogP contribution in [0.4, 0.5) is 0 Å². The molecule has 6 heterocycles. The number of benzene rings is 6. The van der Waals surface area contributed by atoms with E-state index in [1.807, 2.05) is 133 Å². The van der Waals surface area contributed by atoms with Gasteiger partial charge in [0.05, 0.1) is 50.9 Å². The minimum Gasteiger partial charge on any atom is -0.870 e. The van der Waals surface area contributed by atoms with Crippen LogP contribution in [-0.4, -0.2) is 105 Å². The van der Waals surface area contributed by atoms with E-state index in [-0.39, 0.29) is 93.5 Å². The first-order valence-corrected chi connectivity index (χ1v) is 30.4. The molecule has 6 aromatic heterocycles. The van der Waals surface area contributed by atoms with Crippen LogP contribution in [0.3, 0.4) is 0 Å². The van der Waals surface area contributed by atoms with Gasteiger partial charge in [0.15, 0.2) is 33.5 Å². The first-order chi connectivity index (χ1) is 45.1. The Bertz CT molecular complexity index is 4360. The Hall–Kier alpha value is -9.47. The molecule has 12 aromatic rings. The van der Waals surface area contributed by atoms with Gasteiger partial charge in [0.1, 0.15) is 18.3 Å². The number of aliphatic hydroxyl groups is 2. The van der Waals surface area contributed by atoms with Gasteiger partial charge in [-0.3, -0.25) is 42.6 Å². The van der Waals surface area contributed by atoms with Crippen LogP contribution in [0.15, 0.2) is 230 Å². The third-order valence-corrected chi connectivity index (χ3v) is 14.2. The first kappa shape index (κ1) is 82.8. The maximum atomic E-state index is 12.8. The van der Waals surface area contributed by atoms with Gasteiger partial charge in [0, 0.05) is 48.9 Å². The summed E-state index contributed by atoms with van der Waals surface area (Å²) in [4.78, 5) is 86.8. The summed E-state index contributed by atoms with van der Waals surface area (Å²) in [6.07, 6.45) is 5.24. The van der Waals surface area contributed by atoms with Crippen molar-refractivity contribution >= 4 is 33.5 Å². The van der Waals surface area contributed by atoms with E-state index in [9.17, 15) is 28.8 Å². The van der Waals surface area contributed by atoms with Gasteiger partial charge in [-0.15, -0.1) is 0 Å². The summed E-state index contributed by atoms with van der Waals surface area (Å²) in [5, 5.41) is 17.4. The average molecular weight is 1350 g/mol. The van der Waals surface area contributed by atoms with Gasteiger partial charge in [-0.1, -0.05) is 204 Å². The van der Waals surface area contributed by atoms with Crippen molar-refractivity contribution < 1.29 is 59.5 Å². The maximum absolute atomic E-state index is 12.8. The molecular formula is C73H91N12NaO12. The number of aryl methyl sites for hydroxylation is 6. The number of aliphatic hydroxyl groups excluding tert-OH is 1. The average Bonchev–Trinajstić information content (AvgIpc) is 1.57. The van der Waals surface area contributed by atoms with Crippen LogP contribution in [0, 0.1) is 0 Å². The smallest absolute Gasteiger partial charge is 0.870 e. The third kappa shape index (κ3) is 22.6. The summed E-state index contributed by atoms with van der Waals surface area (Å²) in [7, 11) is 9.89. The number of imidazole rings is 3. The number of nitrogens with one attached hydrogen (secondary N) is 2. The molecule has 0 aliphatic heterocycles. The quantitative estimate of drug-likeness (QED) is 0.0804. The van der Waals surface area contributed by atoms with Gasteiger partial charge in [-0.2, -0.15) is 0 Å². The Balaban J connectivity index is 0.000000320. The molecule has 0 amide bonds. The van der Waals surface area contributed by atoms with E-state index in [0.717, 1.165) is 35.3 Å². The number of ether oxygens (including phenoxy) is 3. The van der Waals surface area contributed by atoms with Crippen molar-refractivity contribution in [2.24, 2.45) is 42.3 Å². The van der Waals surface area contributed by atoms with Gasteiger partial charge >= 0.3 is 46.6 Å². The molecule has 0 radical (unpaired) electrons. The van der Waals surface area contributed by atoms with Gasteiger partial charge in [-0.05, 0) is 60.6 Å². The topological polar surface area (TPSA) is 305 Å². The van der Waals surface area contributed by atoms with Crippen LogP contribution in [-0.2, 0) is 63.0 Å². The minimum absolute atomic E-state index is 0. The monoisotopic (exact) mass is 1350 g/mol. The van der Waals surface area contributed by atoms with E-state index in [2.05, 4.69) is 80.4 Å². The zero-order valence-electron chi connectivity index (χ0n) is 56.0. The van der Waals surface area contributed by atoms with Crippen molar-refractivity contribution in [1.82, 2.24) is 56.9 Å². The molecule has 0 fully saturated rings. The fourth-order valence-electron chi connectivity index (χ4n) is 9.71. The molecule has 0 bridgehead atoms. The number of hydrogen-bond acceptors (Lipinski definition) is 15. The zero-order valence-corrected chi connectivity index (χ0v) is 58.0. The molecule has 0 aliphatic rings. The molecule has 25 heteroatoms. The van der Waals surface area contributed by atoms with Crippen LogP contribution in [0.25, 0.3) is 33.5 Å². The molecule has 6 aromatic carbocycles. The summed E-state index contributed by atoms with van der Waals surface area (Å²) in [6.45, 7) is 8.90. The van der Waals surface area contributed by atoms with E-state index in [0.29, 0.717) is 40.1 Å². The first-order valence-electron chi connectivity index (χ1n) is 30.4. The molecule has 0 saturated heterocycles. The number of aromatic amines is 2. The molecule has 0 saturated carbocycles. The van der Waals surface area contributed by atoms with Crippen LogP contribution < -0.4 is 63.3 Å². The van der Waals surface area contributed by atoms with E-state index >= 15 is 0 Å². The van der Waals surface area contributed by atoms with Gasteiger partial charge in [0.25, 0.3) is 16.7 Å². The summed E-state index contributed by atoms with van der Waals surface area (Å²) in [6, 6.07) is 60.6. The molecule has 516 valence electrons. The molecule has 0 unspecified atom stereocenters. The van der Waals surface area contributed by atoms with E-state index in [1.54, 1.807) is 76.8 Å². The summed E-state index contributed by atoms with van der Waals surface area (Å²) in [5.41, 5.74) is 6.09. The van der Waals surface area contributed by atoms with E-state index in [4.69, 9.17) is 24.4 Å².